The third-order valence-electron chi connectivity index (χ3n) is 5.29. The van der Waals surface area contributed by atoms with Crippen molar-refractivity contribution in [2.24, 2.45) is 11.8 Å². The first-order chi connectivity index (χ1) is 12.4. The van der Waals surface area contributed by atoms with Gasteiger partial charge in [0.1, 0.15) is 17.5 Å². The Morgan fingerprint density at radius 2 is 1.73 bits per heavy atom. The molecule has 0 saturated carbocycles. The summed E-state index contributed by atoms with van der Waals surface area (Å²) < 4.78 is 0. The van der Waals surface area contributed by atoms with Gasteiger partial charge in [-0.3, -0.25) is 0 Å². The molecule has 2 aliphatic heterocycles. The molecular formula is C20H24Cl2N4. The van der Waals surface area contributed by atoms with Gasteiger partial charge in [-0.05, 0) is 49.8 Å². The van der Waals surface area contributed by atoms with Gasteiger partial charge in [0.15, 0.2) is 0 Å². The van der Waals surface area contributed by atoms with Crippen molar-refractivity contribution >= 4 is 40.5 Å². The number of fused-ring (bicyclic) bond motifs is 1. The Balaban J connectivity index is 1.75. The van der Waals surface area contributed by atoms with Crippen LogP contribution >= 0.6 is 23.2 Å². The maximum atomic E-state index is 6.46. The highest BCUT2D eigenvalue weighted by molar-refractivity contribution is 6.36. The second-order valence-corrected chi connectivity index (χ2v) is 8.59. The van der Waals surface area contributed by atoms with E-state index in [4.69, 9.17) is 33.2 Å². The van der Waals surface area contributed by atoms with Crippen molar-refractivity contribution in [1.29, 1.82) is 0 Å². The van der Waals surface area contributed by atoms with Crippen LogP contribution in [0.5, 0.6) is 0 Å². The number of hydrogen-bond acceptors (Lipinski definition) is 4. The number of benzene rings is 1. The molecule has 0 radical (unpaired) electrons. The number of rotatable bonds is 2. The van der Waals surface area contributed by atoms with Crippen molar-refractivity contribution in [3.05, 3.63) is 39.6 Å². The number of hydrogen-bond donors (Lipinski definition) is 0. The van der Waals surface area contributed by atoms with E-state index in [9.17, 15) is 0 Å². The number of nitrogens with zero attached hydrogens (tertiary/aromatic N) is 4. The summed E-state index contributed by atoms with van der Waals surface area (Å²) >= 11 is 12.5. The van der Waals surface area contributed by atoms with E-state index in [1.165, 1.54) is 12.0 Å². The van der Waals surface area contributed by atoms with Crippen molar-refractivity contribution in [3.63, 3.8) is 0 Å². The van der Waals surface area contributed by atoms with Crippen LogP contribution in [0.15, 0.2) is 18.2 Å². The largest absolute Gasteiger partial charge is 0.356 e. The summed E-state index contributed by atoms with van der Waals surface area (Å²) in [4.78, 5) is 14.3. The van der Waals surface area contributed by atoms with Crippen LogP contribution in [0.2, 0.25) is 10.0 Å². The number of halogens is 2. The molecule has 0 N–H and O–H groups in total. The molecule has 6 heteroatoms. The summed E-state index contributed by atoms with van der Waals surface area (Å²) in [5, 5.41) is 1.30. The normalized spacial score (nSPS) is 22.7. The van der Waals surface area contributed by atoms with Crippen LogP contribution in [0.1, 0.15) is 31.7 Å². The van der Waals surface area contributed by atoms with Gasteiger partial charge in [-0.1, -0.05) is 37.0 Å². The van der Waals surface area contributed by atoms with Gasteiger partial charge in [0.05, 0.1) is 10.7 Å². The molecule has 1 saturated heterocycles. The number of aryl methyl sites for hydroxylation is 1. The van der Waals surface area contributed by atoms with Crippen LogP contribution in [0.3, 0.4) is 0 Å². The second kappa shape index (κ2) is 6.90. The molecule has 1 aromatic heterocycles. The molecule has 2 unspecified atom stereocenters. The zero-order chi connectivity index (χ0) is 18.4. The summed E-state index contributed by atoms with van der Waals surface area (Å²) in [5.74, 6) is 4.28. The molecule has 3 heterocycles. The molecule has 4 rings (SSSR count). The topological polar surface area (TPSA) is 32.3 Å². The second-order valence-electron chi connectivity index (χ2n) is 7.74. The molecular weight excluding hydrogens is 367 g/mol. The molecule has 0 bridgehead atoms. The number of piperidine rings is 1. The molecule has 0 amide bonds. The van der Waals surface area contributed by atoms with E-state index in [2.05, 4.69) is 23.6 Å². The Bertz CT molecular complexity index is 829. The lowest BCUT2D eigenvalue weighted by molar-refractivity contribution is 0.355. The summed E-state index contributed by atoms with van der Waals surface area (Å²) in [6, 6.07) is 5.64. The molecule has 2 atom stereocenters. The fourth-order valence-electron chi connectivity index (χ4n) is 4.38. The van der Waals surface area contributed by atoms with Crippen LogP contribution in [0, 0.1) is 18.8 Å². The highest BCUT2D eigenvalue weighted by atomic mass is 35.5. The highest BCUT2D eigenvalue weighted by Crippen LogP contribution is 2.41. The van der Waals surface area contributed by atoms with Crippen molar-refractivity contribution in [2.75, 3.05) is 29.4 Å². The van der Waals surface area contributed by atoms with E-state index in [1.807, 2.05) is 19.1 Å². The van der Waals surface area contributed by atoms with Crippen LogP contribution < -0.4 is 9.80 Å². The lowest BCUT2D eigenvalue weighted by Gasteiger charge is -2.36. The van der Waals surface area contributed by atoms with Gasteiger partial charge in [-0.15, -0.1) is 0 Å². The predicted octanol–water partition coefficient (Wildman–Crippen LogP) is 5.27. The van der Waals surface area contributed by atoms with Gasteiger partial charge >= 0.3 is 0 Å². The van der Waals surface area contributed by atoms with Crippen molar-refractivity contribution in [3.8, 4) is 0 Å². The van der Waals surface area contributed by atoms with E-state index < -0.39 is 0 Å². The molecule has 4 nitrogen and oxygen atoms in total. The average molecular weight is 391 g/mol. The lowest BCUT2D eigenvalue weighted by Crippen LogP contribution is -2.39. The minimum Gasteiger partial charge on any atom is -0.356 e. The smallest absolute Gasteiger partial charge is 0.142 e. The molecule has 2 aliphatic rings. The maximum Gasteiger partial charge on any atom is 0.142 e. The number of aromatic nitrogens is 2. The lowest BCUT2D eigenvalue weighted by atomic mass is 9.91. The molecule has 1 aromatic carbocycles. The van der Waals surface area contributed by atoms with E-state index >= 15 is 0 Å². The zero-order valence-corrected chi connectivity index (χ0v) is 17.0. The summed E-state index contributed by atoms with van der Waals surface area (Å²) in [7, 11) is 0. The van der Waals surface area contributed by atoms with Crippen LogP contribution in [0.4, 0.5) is 17.3 Å². The fraction of sp³-hybridized carbons (Fsp3) is 0.500. The van der Waals surface area contributed by atoms with Gasteiger partial charge in [0.25, 0.3) is 0 Å². The molecule has 138 valence electrons. The van der Waals surface area contributed by atoms with Crippen molar-refractivity contribution in [1.82, 2.24) is 9.97 Å². The monoisotopic (exact) mass is 390 g/mol. The maximum absolute atomic E-state index is 6.46. The average Bonchev–Trinajstić information content (AvgIpc) is 2.96. The Kier molecular flexibility index (Phi) is 4.74. The van der Waals surface area contributed by atoms with Crippen LogP contribution in [-0.2, 0) is 6.42 Å². The first-order valence-electron chi connectivity index (χ1n) is 9.27. The summed E-state index contributed by atoms with van der Waals surface area (Å²) in [6.45, 7) is 9.62. The van der Waals surface area contributed by atoms with Crippen molar-refractivity contribution < 1.29 is 0 Å². The molecule has 0 aliphatic carbocycles. The van der Waals surface area contributed by atoms with E-state index in [1.54, 1.807) is 6.07 Å². The van der Waals surface area contributed by atoms with Crippen LogP contribution in [-0.4, -0.2) is 29.6 Å². The number of anilines is 3. The Morgan fingerprint density at radius 1 is 1.04 bits per heavy atom. The van der Waals surface area contributed by atoms with Gasteiger partial charge in [0, 0.05) is 30.2 Å². The van der Waals surface area contributed by atoms with Gasteiger partial charge in [-0.25, -0.2) is 9.97 Å². The van der Waals surface area contributed by atoms with E-state index in [0.717, 1.165) is 49.2 Å². The Labute approximate surface area is 165 Å². The first kappa shape index (κ1) is 17.9. The van der Waals surface area contributed by atoms with Gasteiger partial charge < -0.3 is 9.80 Å². The van der Waals surface area contributed by atoms with Gasteiger partial charge in [-0.2, -0.15) is 0 Å². The predicted molar refractivity (Wildman–Crippen MR) is 109 cm³/mol. The molecule has 26 heavy (non-hydrogen) atoms. The van der Waals surface area contributed by atoms with E-state index in [0.29, 0.717) is 21.9 Å². The minimum atomic E-state index is 0.647. The zero-order valence-electron chi connectivity index (χ0n) is 15.5. The van der Waals surface area contributed by atoms with E-state index in [-0.39, 0.29) is 0 Å². The fourth-order valence-corrected chi connectivity index (χ4v) is 4.89. The third-order valence-corrected chi connectivity index (χ3v) is 5.82. The molecule has 1 fully saturated rings. The molecule has 0 spiro atoms. The van der Waals surface area contributed by atoms with Gasteiger partial charge in [0.2, 0.25) is 0 Å². The standard InChI is InChI=1S/C20H24Cl2N4/c1-12-8-13(2)11-25(10-12)19-16-6-7-26(20(16)24-14(3)23-19)18-5-4-15(21)9-17(18)22/h4-5,9,12-13H,6-8,10-11H2,1-3H3. The first-order valence-corrected chi connectivity index (χ1v) is 10.0. The van der Waals surface area contributed by atoms with Crippen molar-refractivity contribution in [2.45, 2.75) is 33.6 Å². The SMILES string of the molecule is Cc1nc(N2CC(C)CC(C)C2)c2c(n1)N(c1ccc(Cl)cc1Cl)CC2. The Hall–Kier alpha value is -1.52. The highest BCUT2D eigenvalue weighted by Gasteiger charge is 2.31. The minimum absolute atomic E-state index is 0.647. The quantitative estimate of drug-likeness (QED) is 0.698. The summed E-state index contributed by atoms with van der Waals surface area (Å²) in [6.07, 6.45) is 2.22. The molecule has 2 aromatic rings. The third kappa shape index (κ3) is 3.25. The Morgan fingerprint density at radius 3 is 2.42 bits per heavy atom. The summed E-state index contributed by atoms with van der Waals surface area (Å²) in [5.41, 5.74) is 2.20. The van der Waals surface area contributed by atoms with Crippen LogP contribution in [0.25, 0.3) is 0 Å².